The molecule has 0 spiro atoms. The van der Waals surface area contributed by atoms with Crippen LogP contribution in [0.15, 0.2) is 0 Å². The number of rotatable bonds is 6. The molecular formula is C13H19NO5. The topological polar surface area (TPSA) is 95.9 Å². The maximum atomic E-state index is 11.5. The summed E-state index contributed by atoms with van der Waals surface area (Å²) in [5.74, 6) is 4.10. The van der Waals surface area contributed by atoms with E-state index in [4.69, 9.17) is 14.9 Å². The van der Waals surface area contributed by atoms with Crippen molar-refractivity contribution in [2.45, 2.75) is 44.2 Å². The molecule has 2 unspecified atom stereocenters. The van der Waals surface area contributed by atoms with Gasteiger partial charge in [-0.05, 0) is 19.3 Å². The number of aliphatic carboxylic acids is 1. The number of nitrogens with one attached hydrogen (secondary N) is 1. The second-order valence-electron chi connectivity index (χ2n) is 4.36. The summed E-state index contributed by atoms with van der Waals surface area (Å²) in [4.78, 5) is 22.1. The fourth-order valence-electron chi connectivity index (χ4n) is 1.70. The van der Waals surface area contributed by atoms with Crippen LogP contribution >= 0.6 is 0 Å². The quantitative estimate of drug-likeness (QED) is 0.585. The minimum atomic E-state index is -1.29. The van der Waals surface area contributed by atoms with Crippen LogP contribution in [0.1, 0.15) is 32.1 Å². The Kier molecular flexibility index (Phi) is 6.93. The minimum absolute atomic E-state index is 0.247. The van der Waals surface area contributed by atoms with Crippen molar-refractivity contribution in [3.63, 3.8) is 0 Å². The van der Waals surface area contributed by atoms with Crippen LogP contribution in [0.2, 0.25) is 0 Å². The Morgan fingerprint density at radius 1 is 1.37 bits per heavy atom. The third-order valence-electron chi connectivity index (χ3n) is 2.76. The lowest BCUT2D eigenvalue weighted by atomic mass is 10.1. The van der Waals surface area contributed by atoms with Crippen molar-refractivity contribution in [3.8, 4) is 11.8 Å². The van der Waals surface area contributed by atoms with E-state index in [0.717, 1.165) is 32.1 Å². The number of hydrogen-bond donors (Lipinski definition) is 3. The van der Waals surface area contributed by atoms with E-state index in [1.807, 2.05) is 0 Å². The molecule has 1 rings (SSSR count). The van der Waals surface area contributed by atoms with Gasteiger partial charge in [0, 0.05) is 6.42 Å². The molecule has 0 aromatic carbocycles. The molecule has 2 atom stereocenters. The number of ether oxygens (including phenoxy) is 1. The average molecular weight is 269 g/mol. The fraction of sp³-hybridized carbons (Fsp3) is 0.692. The molecule has 0 heterocycles. The third kappa shape index (κ3) is 6.22. The molecule has 0 radical (unpaired) electrons. The summed E-state index contributed by atoms with van der Waals surface area (Å²) >= 11 is 0. The van der Waals surface area contributed by atoms with Gasteiger partial charge in [-0.1, -0.05) is 12.3 Å². The second-order valence-corrected chi connectivity index (χ2v) is 4.36. The zero-order valence-electron chi connectivity index (χ0n) is 10.7. The number of carboxylic acids is 1. The van der Waals surface area contributed by atoms with E-state index in [1.54, 1.807) is 0 Å². The first-order valence-corrected chi connectivity index (χ1v) is 6.36. The highest BCUT2D eigenvalue weighted by atomic mass is 16.5. The molecule has 106 valence electrons. The zero-order valence-corrected chi connectivity index (χ0v) is 10.7. The van der Waals surface area contributed by atoms with Crippen LogP contribution < -0.4 is 5.32 Å². The molecule has 0 bridgehead atoms. The normalized spacial score (nSPS) is 20.4. The van der Waals surface area contributed by atoms with Crippen molar-refractivity contribution >= 4 is 11.9 Å². The smallest absolute Gasteiger partial charge is 0.328 e. The van der Waals surface area contributed by atoms with Crippen molar-refractivity contribution in [2.75, 3.05) is 13.2 Å². The van der Waals surface area contributed by atoms with Crippen LogP contribution in [-0.2, 0) is 14.3 Å². The van der Waals surface area contributed by atoms with E-state index in [2.05, 4.69) is 17.2 Å². The summed E-state index contributed by atoms with van der Waals surface area (Å²) in [6.07, 6.45) is 4.56. The third-order valence-corrected chi connectivity index (χ3v) is 2.76. The molecule has 0 saturated carbocycles. The van der Waals surface area contributed by atoms with Crippen LogP contribution in [0.3, 0.4) is 0 Å². The molecule has 0 fully saturated rings. The lowest BCUT2D eigenvalue weighted by molar-refractivity contribution is -0.143. The SMILES string of the molecule is O=C(COC1C#CCCCCC1)NC(CO)C(=O)O. The molecule has 0 aliphatic heterocycles. The number of hydrogen-bond acceptors (Lipinski definition) is 4. The zero-order chi connectivity index (χ0) is 14.1. The van der Waals surface area contributed by atoms with Gasteiger partial charge in [-0.25, -0.2) is 4.79 Å². The predicted molar refractivity (Wildman–Crippen MR) is 67.3 cm³/mol. The molecule has 0 saturated heterocycles. The van der Waals surface area contributed by atoms with Crippen LogP contribution in [0.25, 0.3) is 0 Å². The van der Waals surface area contributed by atoms with Gasteiger partial charge in [0.2, 0.25) is 5.91 Å². The van der Waals surface area contributed by atoms with Crippen LogP contribution in [0, 0.1) is 11.8 Å². The van der Waals surface area contributed by atoms with Crippen molar-refractivity contribution < 1.29 is 24.5 Å². The van der Waals surface area contributed by atoms with Gasteiger partial charge in [0.1, 0.15) is 18.8 Å². The molecule has 1 amide bonds. The van der Waals surface area contributed by atoms with Gasteiger partial charge in [0.25, 0.3) is 0 Å². The van der Waals surface area contributed by atoms with Gasteiger partial charge in [0.15, 0.2) is 0 Å². The molecule has 1 aliphatic rings. The first-order valence-electron chi connectivity index (χ1n) is 6.36. The van der Waals surface area contributed by atoms with E-state index in [0.29, 0.717) is 0 Å². The number of aliphatic hydroxyl groups is 1. The standard InChI is InChI=1S/C13H19NO5/c15-8-11(13(17)18)14-12(16)9-19-10-6-4-2-1-3-5-7-10/h10-11,15H,1-4,6,8-9H2,(H,14,16)(H,17,18). The molecule has 1 aliphatic carbocycles. The van der Waals surface area contributed by atoms with Gasteiger partial charge >= 0.3 is 5.97 Å². The van der Waals surface area contributed by atoms with Crippen LogP contribution in [-0.4, -0.2) is 47.4 Å². The van der Waals surface area contributed by atoms with E-state index >= 15 is 0 Å². The minimum Gasteiger partial charge on any atom is -0.480 e. The van der Waals surface area contributed by atoms with Crippen molar-refractivity contribution in [1.82, 2.24) is 5.32 Å². The van der Waals surface area contributed by atoms with Crippen molar-refractivity contribution in [1.29, 1.82) is 0 Å². The highest BCUT2D eigenvalue weighted by Gasteiger charge is 2.19. The summed E-state index contributed by atoms with van der Waals surface area (Å²) in [5.41, 5.74) is 0. The number of aliphatic hydroxyl groups excluding tert-OH is 1. The molecule has 6 heteroatoms. The van der Waals surface area contributed by atoms with Gasteiger partial charge in [-0.15, -0.1) is 5.92 Å². The summed E-state index contributed by atoms with van der Waals surface area (Å²) in [7, 11) is 0. The van der Waals surface area contributed by atoms with Gasteiger partial charge < -0.3 is 20.3 Å². The Balaban J connectivity index is 2.34. The molecule has 0 aromatic rings. The first kappa shape index (κ1) is 15.5. The Bertz CT molecular complexity index is 371. The largest absolute Gasteiger partial charge is 0.480 e. The van der Waals surface area contributed by atoms with E-state index in [-0.39, 0.29) is 12.7 Å². The van der Waals surface area contributed by atoms with Crippen LogP contribution in [0.4, 0.5) is 0 Å². The van der Waals surface area contributed by atoms with E-state index in [1.165, 1.54) is 0 Å². The molecular weight excluding hydrogens is 250 g/mol. The maximum absolute atomic E-state index is 11.5. The lowest BCUT2D eigenvalue weighted by Gasteiger charge is -2.15. The summed E-state index contributed by atoms with van der Waals surface area (Å²) in [5, 5.41) is 19.6. The van der Waals surface area contributed by atoms with Gasteiger partial charge in [-0.3, -0.25) is 4.79 Å². The monoisotopic (exact) mass is 269 g/mol. The molecule has 19 heavy (non-hydrogen) atoms. The highest BCUT2D eigenvalue weighted by Crippen LogP contribution is 2.10. The molecule has 6 nitrogen and oxygen atoms in total. The summed E-state index contributed by atoms with van der Waals surface area (Å²) in [6, 6.07) is -1.29. The Morgan fingerprint density at radius 2 is 2.16 bits per heavy atom. The van der Waals surface area contributed by atoms with Crippen molar-refractivity contribution in [3.05, 3.63) is 0 Å². The second kappa shape index (κ2) is 8.51. The average Bonchev–Trinajstić information content (AvgIpc) is 2.34. The Hall–Kier alpha value is -1.58. The molecule has 0 aromatic heterocycles. The number of carbonyl (C=O) groups excluding carboxylic acids is 1. The fourth-order valence-corrected chi connectivity index (χ4v) is 1.70. The van der Waals surface area contributed by atoms with Crippen LogP contribution in [0.5, 0.6) is 0 Å². The Morgan fingerprint density at radius 3 is 2.84 bits per heavy atom. The summed E-state index contributed by atoms with van der Waals surface area (Å²) in [6.45, 7) is -0.895. The van der Waals surface area contributed by atoms with E-state index in [9.17, 15) is 9.59 Å². The Labute approximate surface area is 112 Å². The first-order chi connectivity index (χ1) is 9.13. The number of amides is 1. The van der Waals surface area contributed by atoms with Gasteiger partial charge in [0.05, 0.1) is 6.61 Å². The number of carbonyl (C=O) groups is 2. The number of carboxylic acid groups (broad SMARTS) is 1. The predicted octanol–water partition coefficient (Wildman–Crippen LogP) is -0.0992. The molecule has 3 N–H and O–H groups in total. The van der Waals surface area contributed by atoms with Crippen molar-refractivity contribution in [2.24, 2.45) is 0 Å². The lowest BCUT2D eigenvalue weighted by Crippen LogP contribution is -2.45. The van der Waals surface area contributed by atoms with Gasteiger partial charge in [-0.2, -0.15) is 0 Å². The maximum Gasteiger partial charge on any atom is 0.328 e. The highest BCUT2D eigenvalue weighted by molar-refractivity contribution is 5.84. The van der Waals surface area contributed by atoms with E-state index < -0.39 is 24.5 Å². The summed E-state index contributed by atoms with van der Waals surface area (Å²) < 4.78 is 5.35.